The molecule has 3 heterocycles. The predicted octanol–water partition coefficient (Wildman–Crippen LogP) is 2.00. The first-order valence-corrected chi connectivity index (χ1v) is 10.9. The molecule has 2 atom stereocenters. The fraction of sp³-hybridized carbons (Fsp3) is 0.333. The van der Waals surface area contributed by atoms with Crippen LogP contribution in [0.5, 0.6) is 11.5 Å². The Morgan fingerprint density at radius 3 is 2.43 bits per heavy atom. The minimum atomic E-state index is -0.860. The first-order valence-electron chi connectivity index (χ1n) is 10.9. The van der Waals surface area contributed by atoms with Crippen LogP contribution in [0.15, 0.2) is 40.8 Å². The van der Waals surface area contributed by atoms with Crippen molar-refractivity contribution in [2.45, 2.75) is 25.5 Å². The van der Waals surface area contributed by atoms with Gasteiger partial charge < -0.3 is 28.6 Å². The van der Waals surface area contributed by atoms with Crippen molar-refractivity contribution in [3.8, 4) is 28.8 Å². The lowest BCUT2D eigenvalue weighted by molar-refractivity contribution is -0.149. The second-order valence-corrected chi connectivity index (χ2v) is 7.89. The van der Waals surface area contributed by atoms with Gasteiger partial charge in [0.25, 0.3) is 0 Å². The van der Waals surface area contributed by atoms with E-state index in [1.165, 1.54) is 38.4 Å². The van der Waals surface area contributed by atoms with Crippen LogP contribution in [0.4, 0.5) is 0 Å². The Balaban J connectivity index is 1.78. The quantitative estimate of drug-likeness (QED) is 0.397. The fourth-order valence-corrected chi connectivity index (χ4v) is 4.05. The number of carbonyl (C=O) groups excluding carboxylic acids is 2. The van der Waals surface area contributed by atoms with Crippen molar-refractivity contribution in [1.82, 2.24) is 19.7 Å². The SMILES string of the molecule is COC(=O)[C@@H]1C[C@@H](O)CN1C(=O)/C=C/c1nnc(-c2ccc(C)o2)n1-c1c(OC)cccc1OC. The molecule has 35 heavy (non-hydrogen) atoms. The van der Waals surface area contributed by atoms with E-state index in [9.17, 15) is 14.7 Å². The average Bonchev–Trinajstić information content (AvgIpc) is 3.59. The van der Waals surface area contributed by atoms with Crippen LogP contribution in [-0.2, 0) is 14.3 Å². The number of likely N-dealkylation sites (tertiary alicyclic amines) is 1. The number of aliphatic hydroxyl groups is 1. The summed E-state index contributed by atoms with van der Waals surface area (Å²) in [6.45, 7) is 1.84. The topological polar surface area (TPSA) is 129 Å². The number of nitrogens with zero attached hydrogens (tertiary/aromatic N) is 4. The molecule has 1 aliphatic rings. The summed E-state index contributed by atoms with van der Waals surface area (Å²) in [7, 11) is 4.31. The molecular weight excluding hydrogens is 456 g/mol. The van der Waals surface area contributed by atoms with E-state index in [0.29, 0.717) is 40.4 Å². The number of hydrogen-bond acceptors (Lipinski definition) is 9. The second-order valence-electron chi connectivity index (χ2n) is 7.89. The van der Waals surface area contributed by atoms with Crippen LogP contribution in [0.2, 0.25) is 0 Å². The van der Waals surface area contributed by atoms with E-state index in [1.54, 1.807) is 34.9 Å². The number of para-hydroxylation sites is 1. The zero-order chi connectivity index (χ0) is 25.1. The van der Waals surface area contributed by atoms with Crippen molar-refractivity contribution >= 4 is 18.0 Å². The molecule has 0 saturated carbocycles. The number of rotatable bonds is 7. The van der Waals surface area contributed by atoms with E-state index in [2.05, 4.69) is 10.2 Å². The van der Waals surface area contributed by atoms with Crippen molar-refractivity contribution in [2.24, 2.45) is 0 Å². The minimum Gasteiger partial charge on any atom is -0.494 e. The van der Waals surface area contributed by atoms with Gasteiger partial charge in [-0.1, -0.05) is 6.07 Å². The number of aryl methyl sites for hydroxylation is 1. The third kappa shape index (κ3) is 4.62. The summed E-state index contributed by atoms with van der Waals surface area (Å²) in [5.74, 6) is 1.73. The van der Waals surface area contributed by atoms with Crippen LogP contribution in [0, 0.1) is 6.92 Å². The number of hydrogen-bond donors (Lipinski definition) is 1. The Kier molecular flexibility index (Phi) is 6.87. The molecule has 1 N–H and O–H groups in total. The molecule has 1 saturated heterocycles. The van der Waals surface area contributed by atoms with Crippen molar-refractivity contribution < 1.29 is 33.3 Å². The summed E-state index contributed by atoms with van der Waals surface area (Å²) in [5, 5.41) is 18.5. The number of aromatic nitrogens is 3. The van der Waals surface area contributed by atoms with E-state index in [0.717, 1.165) is 0 Å². The lowest BCUT2D eigenvalue weighted by atomic mass is 10.2. The highest BCUT2D eigenvalue weighted by Gasteiger charge is 2.39. The van der Waals surface area contributed by atoms with Crippen LogP contribution in [0.1, 0.15) is 18.0 Å². The number of aliphatic hydroxyl groups excluding tert-OH is 1. The van der Waals surface area contributed by atoms with E-state index in [-0.39, 0.29) is 13.0 Å². The summed E-state index contributed by atoms with van der Waals surface area (Å²) in [5.41, 5.74) is 0.516. The molecule has 2 aromatic heterocycles. The third-order valence-electron chi connectivity index (χ3n) is 5.68. The maximum absolute atomic E-state index is 13.0. The highest BCUT2D eigenvalue weighted by atomic mass is 16.5. The molecule has 0 bridgehead atoms. The monoisotopic (exact) mass is 482 g/mol. The Hall–Kier alpha value is -4.12. The van der Waals surface area contributed by atoms with Gasteiger partial charge >= 0.3 is 5.97 Å². The first kappa shape index (κ1) is 24.0. The highest BCUT2D eigenvalue weighted by Crippen LogP contribution is 2.36. The van der Waals surface area contributed by atoms with E-state index in [4.69, 9.17) is 18.6 Å². The Bertz CT molecular complexity index is 1240. The number of furan rings is 1. The molecule has 1 amide bonds. The van der Waals surface area contributed by atoms with Gasteiger partial charge in [-0.2, -0.15) is 0 Å². The highest BCUT2D eigenvalue weighted by molar-refractivity contribution is 5.95. The lowest BCUT2D eigenvalue weighted by Crippen LogP contribution is -2.40. The summed E-state index contributed by atoms with van der Waals surface area (Å²) < 4.78 is 23.4. The fourth-order valence-electron chi connectivity index (χ4n) is 4.05. The van der Waals surface area contributed by atoms with E-state index >= 15 is 0 Å². The number of carbonyl (C=O) groups is 2. The Morgan fingerprint density at radius 2 is 1.83 bits per heavy atom. The maximum atomic E-state index is 13.0. The molecule has 11 nitrogen and oxygen atoms in total. The van der Waals surface area contributed by atoms with Gasteiger partial charge in [-0.25, -0.2) is 4.79 Å². The van der Waals surface area contributed by atoms with Gasteiger partial charge in [0.05, 0.1) is 27.4 Å². The molecule has 1 fully saturated rings. The molecule has 1 aliphatic heterocycles. The van der Waals surface area contributed by atoms with Crippen LogP contribution in [0.3, 0.4) is 0 Å². The van der Waals surface area contributed by atoms with Gasteiger partial charge in [0.15, 0.2) is 11.6 Å². The Labute approximate surface area is 201 Å². The average molecular weight is 482 g/mol. The van der Waals surface area contributed by atoms with Gasteiger partial charge in [-0.05, 0) is 37.3 Å². The molecule has 11 heteroatoms. The number of amides is 1. The number of ether oxygens (including phenoxy) is 3. The summed E-state index contributed by atoms with van der Waals surface area (Å²) in [4.78, 5) is 26.3. The van der Waals surface area contributed by atoms with Gasteiger partial charge in [-0.15, -0.1) is 10.2 Å². The molecule has 3 aromatic rings. The maximum Gasteiger partial charge on any atom is 0.328 e. The van der Waals surface area contributed by atoms with Crippen LogP contribution < -0.4 is 9.47 Å². The van der Waals surface area contributed by atoms with Gasteiger partial charge in [0.1, 0.15) is 29.0 Å². The lowest BCUT2D eigenvalue weighted by Gasteiger charge is -2.20. The summed E-state index contributed by atoms with van der Waals surface area (Å²) in [6.07, 6.45) is 2.04. The molecule has 0 unspecified atom stereocenters. The van der Waals surface area contributed by atoms with Crippen molar-refractivity contribution in [1.29, 1.82) is 0 Å². The number of benzene rings is 1. The van der Waals surface area contributed by atoms with E-state index < -0.39 is 24.0 Å². The summed E-state index contributed by atoms with van der Waals surface area (Å²) in [6, 6.07) is 8.02. The molecule has 0 radical (unpaired) electrons. The normalized spacial score (nSPS) is 17.7. The van der Waals surface area contributed by atoms with Gasteiger partial charge in [-0.3, -0.25) is 9.36 Å². The predicted molar refractivity (Wildman–Crippen MR) is 124 cm³/mol. The van der Waals surface area contributed by atoms with Crippen molar-refractivity contribution in [3.63, 3.8) is 0 Å². The number of esters is 1. The molecule has 184 valence electrons. The zero-order valence-electron chi connectivity index (χ0n) is 19.8. The Morgan fingerprint density at radius 1 is 1.11 bits per heavy atom. The molecule has 0 aliphatic carbocycles. The minimum absolute atomic E-state index is 0.0207. The second kappa shape index (κ2) is 10.0. The number of β-amino-alcohol motifs (C(OH)–C–C–N with tert-alkyl or cyclic N) is 1. The van der Waals surface area contributed by atoms with Crippen molar-refractivity contribution in [2.75, 3.05) is 27.9 Å². The molecule has 1 aromatic carbocycles. The van der Waals surface area contributed by atoms with Crippen LogP contribution in [-0.4, -0.2) is 76.7 Å². The first-order chi connectivity index (χ1) is 16.9. The largest absolute Gasteiger partial charge is 0.494 e. The van der Waals surface area contributed by atoms with Crippen LogP contribution in [0.25, 0.3) is 23.3 Å². The smallest absolute Gasteiger partial charge is 0.328 e. The van der Waals surface area contributed by atoms with Crippen molar-refractivity contribution in [3.05, 3.63) is 48.0 Å². The van der Waals surface area contributed by atoms with Gasteiger partial charge in [0, 0.05) is 19.0 Å². The van der Waals surface area contributed by atoms with Crippen LogP contribution >= 0.6 is 0 Å². The summed E-state index contributed by atoms with van der Waals surface area (Å²) >= 11 is 0. The third-order valence-corrected chi connectivity index (χ3v) is 5.68. The molecule has 0 spiro atoms. The van der Waals surface area contributed by atoms with E-state index in [1.807, 2.05) is 6.92 Å². The zero-order valence-corrected chi connectivity index (χ0v) is 19.8. The van der Waals surface area contributed by atoms with Gasteiger partial charge in [0.2, 0.25) is 11.7 Å². The standard InChI is InChI=1S/C24H26N4O7/c1-14-8-9-19(35-14)23-26-25-20(28(23)22-17(32-2)6-5-7-18(22)33-3)10-11-21(30)27-13-15(29)12-16(27)24(31)34-4/h5-11,15-16,29H,12-13H2,1-4H3/b11-10+/t15-,16+/m1/s1. The number of methoxy groups -OCH3 is 3. The molecular formula is C24H26N4O7. The molecule has 4 rings (SSSR count).